The minimum Gasteiger partial charge on any atom is -0.497 e. The molecule has 1 N–H and O–H groups in total. The van der Waals surface area contributed by atoms with Gasteiger partial charge in [-0.15, -0.1) is 0 Å². The number of benzene rings is 1. The number of carbonyl (C=O) groups is 2. The quantitative estimate of drug-likeness (QED) is 0.647. The maximum absolute atomic E-state index is 12.7. The highest BCUT2D eigenvalue weighted by Gasteiger charge is 2.26. The van der Waals surface area contributed by atoms with Crippen LogP contribution in [0.1, 0.15) is 27.8 Å². The number of nitrogens with one attached hydrogen (secondary N) is 1. The lowest BCUT2D eigenvalue weighted by Crippen LogP contribution is -2.31. The zero-order valence-electron chi connectivity index (χ0n) is 14.6. The van der Waals surface area contributed by atoms with Gasteiger partial charge in [0.1, 0.15) is 5.75 Å². The molecule has 0 aliphatic rings. The number of hydrogen-bond acceptors (Lipinski definition) is 6. The third-order valence-electron chi connectivity index (χ3n) is 3.80. The van der Waals surface area contributed by atoms with Gasteiger partial charge in [0.2, 0.25) is 11.9 Å². The van der Waals surface area contributed by atoms with Crippen LogP contribution in [0.4, 0.5) is 0 Å². The minimum atomic E-state index is -1.14. The van der Waals surface area contributed by atoms with Crippen molar-refractivity contribution in [3.05, 3.63) is 84.1 Å². The number of methoxy groups -OCH3 is 1. The van der Waals surface area contributed by atoms with Crippen LogP contribution in [0.25, 0.3) is 0 Å². The Morgan fingerprint density at radius 2 is 1.96 bits per heavy atom. The van der Waals surface area contributed by atoms with Gasteiger partial charge in [0.25, 0.3) is 5.91 Å². The van der Waals surface area contributed by atoms with Gasteiger partial charge in [0.15, 0.2) is 0 Å². The van der Waals surface area contributed by atoms with Crippen LogP contribution in [-0.4, -0.2) is 24.0 Å². The van der Waals surface area contributed by atoms with Crippen LogP contribution in [0, 0.1) is 0 Å². The second kappa shape index (κ2) is 8.66. The van der Waals surface area contributed by atoms with Crippen LogP contribution in [0.3, 0.4) is 0 Å². The first-order valence-electron chi connectivity index (χ1n) is 8.22. The summed E-state index contributed by atoms with van der Waals surface area (Å²) in [5.41, 5.74) is 1.34. The van der Waals surface area contributed by atoms with Crippen molar-refractivity contribution in [1.82, 2.24) is 10.3 Å². The zero-order chi connectivity index (χ0) is 19.1. The number of esters is 1. The molecule has 0 saturated heterocycles. The summed E-state index contributed by atoms with van der Waals surface area (Å²) < 4.78 is 15.5. The molecule has 0 radical (unpaired) electrons. The molecule has 1 atom stereocenters. The fraction of sp³-hybridized carbons (Fsp3) is 0.150. The monoisotopic (exact) mass is 366 g/mol. The molecule has 0 aliphatic heterocycles. The predicted molar refractivity (Wildman–Crippen MR) is 95.9 cm³/mol. The topological polar surface area (TPSA) is 90.7 Å². The van der Waals surface area contributed by atoms with E-state index in [1.165, 1.54) is 18.5 Å². The second-order valence-electron chi connectivity index (χ2n) is 5.61. The van der Waals surface area contributed by atoms with Gasteiger partial charge in [-0.2, -0.15) is 0 Å². The Labute approximate surface area is 155 Å². The summed E-state index contributed by atoms with van der Waals surface area (Å²) in [4.78, 5) is 28.9. The molecule has 2 heterocycles. The van der Waals surface area contributed by atoms with Crippen molar-refractivity contribution in [2.45, 2.75) is 12.6 Å². The number of pyridine rings is 1. The molecule has 0 fully saturated rings. The van der Waals surface area contributed by atoms with E-state index in [-0.39, 0.29) is 12.3 Å². The lowest BCUT2D eigenvalue weighted by Gasteiger charge is -2.17. The molecule has 0 spiro atoms. The van der Waals surface area contributed by atoms with E-state index in [9.17, 15) is 9.59 Å². The SMILES string of the molecule is COc1ccc(CNC(=O)C(OC(=O)c2ccco2)c2cccnc2)cc1. The highest BCUT2D eigenvalue weighted by atomic mass is 16.6. The van der Waals surface area contributed by atoms with Gasteiger partial charge in [0.05, 0.1) is 13.4 Å². The van der Waals surface area contributed by atoms with Crippen molar-refractivity contribution in [2.24, 2.45) is 0 Å². The molecule has 2 aromatic heterocycles. The average molecular weight is 366 g/mol. The Morgan fingerprint density at radius 1 is 1.15 bits per heavy atom. The Kier molecular flexibility index (Phi) is 5.84. The van der Waals surface area contributed by atoms with Gasteiger partial charge >= 0.3 is 5.97 Å². The van der Waals surface area contributed by atoms with Crippen molar-refractivity contribution in [2.75, 3.05) is 7.11 Å². The maximum Gasteiger partial charge on any atom is 0.375 e. The number of rotatable bonds is 7. The molecular formula is C20H18N2O5. The van der Waals surface area contributed by atoms with Gasteiger partial charge in [-0.05, 0) is 35.9 Å². The lowest BCUT2D eigenvalue weighted by molar-refractivity contribution is -0.130. The molecular weight excluding hydrogens is 348 g/mol. The third-order valence-corrected chi connectivity index (χ3v) is 3.80. The van der Waals surface area contributed by atoms with Crippen molar-refractivity contribution in [3.63, 3.8) is 0 Å². The molecule has 7 nitrogen and oxygen atoms in total. The van der Waals surface area contributed by atoms with Crippen LogP contribution in [0.2, 0.25) is 0 Å². The Balaban J connectivity index is 1.71. The molecule has 138 valence electrons. The number of nitrogens with zero attached hydrogens (tertiary/aromatic N) is 1. The van der Waals surface area contributed by atoms with E-state index in [0.717, 1.165) is 11.3 Å². The van der Waals surface area contributed by atoms with Gasteiger partial charge in [-0.25, -0.2) is 4.79 Å². The number of hydrogen-bond donors (Lipinski definition) is 1. The highest BCUT2D eigenvalue weighted by molar-refractivity contribution is 5.90. The number of furan rings is 1. The van der Waals surface area contributed by atoms with E-state index in [0.29, 0.717) is 5.56 Å². The van der Waals surface area contributed by atoms with Crippen LogP contribution >= 0.6 is 0 Å². The van der Waals surface area contributed by atoms with Crippen LogP contribution in [0.15, 0.2) is 71.6 Å². The largest absolute Gasteiger partial charge is 0.497 e. The van der Waals surface area contributed by atoms with E-state index in [1.807, 2.05) is 12.1 Å². The minimum absolute atomic E-state index is 0.0202. The van der Waals surface area contributed by atoms with Crippen molar-refractivity contribution in [1.29, 1.82) is 0 Å². The number of amides is 1. The summed E-state index contributed by atoms with van der Waals surface area (Å²) >= 11 is 0. The first-order valence-corrected chi connectivity index (χ1v) is 8.22. The number of aromatic nitrogens is 1. The Morgan fingerprint density at radius 3 is 2.59 bits per heavy atom. The van der Waals surface area contributed by atoms with Gasteiger partial charge in [0, 0.05) is 24.5 Å². The summed E-state index contributed by atoms with van der Waals surface area (Å²) in [6, 6.07) is 13.7. The molecule has 7 heteroatoms. The Hall–Kier alpha value is -3.61. The molecule has 0 aliphatic carbocycles. The normalized spacial score (nSPS) is 11.4. The van der Waals surface area contributed by atoms with Crippen LogP contribution in [-0.2, 0) is 16.1 Å². The summed E-state index contributed by atoms with van der Waals surface area (Å²) in [6.45, 7) is 0.276. The maximum atomic E-state index is 12.7. The van der Waals surface area contributed by atoms with E-state index in [1.54, 1.807) is 43.6 Å². The molecule has 3 aromatic rings. The average Bonchev–Trinajstić information content (AvgIpc) is 3.26. The van der Waals surface area contributed by atoms with E-state index in [4.69, 9.17) is 13.9 Å². The van der Waals surface area contributed by atoms with Gasteiger partial charge in [-0.3, -0.25) is 9.78 Å². The Bertz CT molecular complexity index is 877. The van der Waals surface area contributed by atoms with Gasteiger partial charge < -0.3 is 19.2 Å². The number of ether oxygens (including phenoxy) is 2. The highest BCUT2D eigenvalue weighted by Crippen LogP contribution is 2.19. The van der Waals surface area contributed by atoms with E-state index >= 15 is 0 Å². The first-order chi connectivity index (χ1) is 13.2. The van der Waals surface area contributed by atoms with Crippen LogP contribution < -0.4 is 10.1 Å². The third kappa shape index (κ3) is 4.72. The van der Waals surface area contributed by atoms with Crippen molar-refractivity contribution < 1.29 is 23.5 Å². The lowest BCUT2D eigenvalue weighted by atomic mass is 10.1. The fourth-order valence-corrected chi connectivity index (χ4v) is 2.39. The smallest absolute Gasteiger partial charge is 0.375 e. The van der Waals surface area contributed by atoms with Crippen molar-refractivity contribution in [3.8, 4) is 5.75 Å². The summed E-state index contributed by atoms with van der Waals surface area (Å²) in [7, 11) is 1.59. The predicted octanol–water partition coefficient (Wildman–Crippen LogP) is 2.90. The van der Waals surface area contributed by atoms with Crippen molar-refractivity contribution >= 4 is 11.9 Å². The number of carbonyl (C=O) groups excluding carboxylic acids is 2. The van der Waals surface area contributed by atoms with E-state index < -0.39 is 18.0 Å². The molecule has 1 unspecified atom stereocenters. The first kappa shape index (κ1) is 18.2. The zero-order valence-corrected chi connectivity index (χ0v) is 14.6. The molecule has 0 saturated carbocycles. The fourth-order valence-electron chi connectivity index (χ4n) is 2.39. The second-order valence-corrected chi connectivity index (χ2v) is 5.61. The molecule has 0 bridgehead atoms. The standard InChI is InChI=1S/C20H18N2O5/c1-25-16-8-6-14(7-9-16)12-22-19(23)18(15-4-2-10-21-13-15)27-20(24)17-5-3-11-26-17/h2-11,13,18H,12H2,1H3,(H,22,23). The molecule has 1 amide bonds. The molecule has 1 aromatic carbocycles. The van der Waals surface area contributed by atoms with E-state index in [2.05, 4.69) is 10.3 Å². The summed E-state index contributed by atoms with van der Waals surface area (Å²) in [5, 5.41) is 2.77. The summed E-state index contributed by atoms with van der Waals surface area (Å²) in [5.74, 6) is -0.440. The van der Waals surface area contributed by atoms with Crippen LogP contribution in [0.5, 0.6) is 5.75 Å². The summed E-state index contributed by atoms with van der Waals surface area (Å²) in [6.07, 6.45) is 3.27. The molecule has 3 rings (SSSR count). The molecule has 27 heavy (non-hydrogen) atoms. The van der Waals surface area contributed by atoms with Gasteiger partial charge in [-0.1, -0.05) is 18.2 Å².